The number of thiophene rings is 1. The average Bonchev–Trinajstić information content (AvgIpc) is 3.19. The lowest BCUT2D eigenvalue weighted by molar-refractivity contribution is -0.136. The first-order chi connectivity index (χ1) is 13.5. The van der Waals surface area contributed by atoms with Crippen molar-refractivity contribution < 1.29 is 14.0 Å². The Hall–Kier alpha value is -2.25. The van der Waals surface area contributed by atoms with Crippen LogP contribution in [0, 0.1) is 11.7 Å². The molecule has 0 saturated carbocycles. The Balaban J connectivity index is 1.59. The maximum absolute atomic E-state index is 13.9. The number of hydrogen-bond acceptors (Lipinski definition) is 4. The number of nitrogens with zero attached hydrogens (tertiary/aromatic N) is 2. The Labute approximate surface area is 169 Å². The first kappa shape index (κ1) is 20.5. The van der Waals surface area contributed by atoms with Gasteiger partial charge >= 0.3 is 0 Å². The fraction of sp³-hybridized carbons (Fsp3) is 0.429. The molecule has 1 aliphatic heterocycles. The summed E-state index contributed by atoms with van der Waals surface area (Å²) in [5.74, 6) is -1.33. The normalized spacial score (nSPS) is 16.2. The smallest absolute Gasteiger partial charge is 0.254 e. The molecule has 5 nitrogen and oxygen atoms in total. The van der Waals surface area contributed by atoms with E-state index in [1.807, 2.05) is 19.9 Å². The molecule has 1 fully saturated rings. The second-order valence-corrected chi connectivity index (χ2v) is 8.39. The van der Waals surface area contributed by atoms with E-state index in [1.165, 1.54) is 23.1 Å². The van der Waals surface area contributed by atoms with Gasteiger partial charge in [0.05, 0.1) is 5.56 Å². The van der Waals surface area contributed by atoms with Crippen molar-refractivity contribution in [2.75, 3.05) is 26.2 Å². The Bertz CT molecular complexity index is 802. The van der Waals surface area contributed by atoms with Crippen molar-refractivity contribution in [2.45, 2.75) is 26.4 Å². The quantitative estimate of drug-likeness (QED) is 0.807. The summed E-state index contributed by atoms with van der Waals surface area (Å²) in [6.45, 7) is 7.53. The molecule has 2 aromatic rings. The molecule has 2 heterocycles. The first-order valence-electron chi connectivity index (χ1n) is 9.54. The van der Waals surface area contributed by atoms with Gasteiger partial charge in [-0.3, -0.25) is 14.5 Å². The van der Waals surface area contributed by atoms with E-state index in [0.29, 0.717) is 13.1 Å². The van der Waals surface area contributed by atoms with Gasteiger partial charge in [0.25, 0.3) is 5.91 Å². The monoisotopic (exact) mass is 403 g/mol. The maximum atomic E-state index is 13.9. The van der Waals surface area contributed by atoms with Crippen LogP contribution in [0.25, 0.3) is 0 Å². The molecule has 150 valence electrons. The third-order valence-corrected chi connectivity index (χ3v) is 5.84. The Morgan fingerprint density at radius 1 is 1.11 bits per heavy atom. The largest absolute Gasteiger partial charge is 0.340 e. The zero-order valence-corrected chi connectivity index (χ0v) is 17.0. The van der Waals surface area contributed by atoms with Crippen molar-refractivity contribution >= 4 is 23.2 Å². The Kier molecular flexibility index (Phi) is 6.80. The lowest BCUT2D eigenvalue weighted by atomic mass is 10.0. The van der Waals surface area contributed by atoms with Crippen molar-refractivity contribution in [3.05, 3.63) is 58.0 Å². The highest BCUT2D eigenvalue weighted by Gasteiger charge is 2.31. The van der Waals surface area contributed by atoms with Crippen LogP contribution in [0.1, 0.15) is 29.1 Å². The molecule has 1 atom stereocenters. The molecular weight excluding hydrogens is 377 g/mol. The van der Waals surface area contributed by atoms with Gasteiger partial charge in [0.1, 0.15) is 11.9 Å². The van der Waals surface area contributed by atoms with E-state index in [0.717, 1.165) is 19.6 Å². The fourth-order valence-corrected chi connectivity index (χ4v) is 4.07. The summed E-state index contributed by atoms with van der Waals surface area (Å²) in [4.78, 5) is 30.9. The third kappa shape index (κ3) is 4.97. The van der Waals surface area contributed by atoms with E-state index in [1.54, 1.807) is 22.3 Å². The molecule has 1 aromatic heterocycles. The molecule has 1 aliphatic rings. The molecule has 0 bridgehead atoms. The predicted octanol–water partition coefficient (Wildman–Crippen LogP) is 2.99. The minimum absolute atomic E-state index is 0.0401. The molecule has 0 spiro atoms. The summed E-state index contributed by atoms with van der Waals surface area (Å²) in [6.07, 6.45) is 0. The lowest BCUT2D eigenvalue weighted by Gasteiger charge is -2.37. The Morgan fingerprint density at radius 2 is 1.82 bits per heavy atom. The second-order valence-electron chi connectivity index (χ2n) is 7.36. The van der Waals surface area contributed by atoms with Crippen LogP contribution >= 0.6 is 11.3 Å². The van der Waals surface area contributed by atoms with Gasteiger partial charge in [-0.25, -0.2) is 4.39 Å². The molecule has 0 unspecified atom stereocenters. The highest BCUT2D eigenvalue weighted by atomic mass is 32.1. The third-order valence-electron chi connectivity index (χ3n) is 4.98. The topological polar surface area (TPSA) is 52.7 Å². The number of amides is 2. The van der Waals surface area contributed by atoms with E-state index in [4.69, 9.17) is 0 Å². The molecule has 28 heavy (non-hydrogen) atoms. The van der Waals surface area contributed by atoms with Crippen molar-refractivity contribution in [3.63, 3.8) is 0 Å². The molecule has 2 amide bonds. The lowest BCUT2D eigenvalue weighted by Crippen LogP contribution is -2.56. The number of carbonyl (C=O) groups is 2. The average molecular weight is 404 g/mol. The minimum atomic E-state index is -0.670. The number of hydrogen-bond donors (Lipinski definition) is 1. The van der Waals surface area contributed by atoms with E-state index in [2.05, 4.69) is 21.7 Å². The molecule has 7 heteroatoms. The van der Waals surface area contributed by atoms with Gasteiger partial charge in [0.15, 0.2) is 0 Å². The predicted molar refractivity (Wildman–Crippen MR) is 109 cm³/mol. The zero-order chi connectivity index (χ0) is 20.1. The van der Waals surface area contributed by atoms with E-state index in [9.17, 15) is 14.0 Å². The maximum Gasteiger partial charge on any atom is 0.254 e. The van der Waals surface area contributed by atoms with Gasteiger partial charge in [-0.1, -0.05) is 32.0 Å². The van der Waals surface area contributed by atoms with Crippen LogP contribution in [0.4, 0.5) is 4.39 Å². The molecule has 1 N–H and O–H groups in total. The summed E-state index contributed by atoms with van der Waals surface area (Å²) in [5.41, 5.74) is -0.0401. The van der Waals surface area contributed by atoms with Gasteiger partial charge in [-0.05, 0) is 29.5 Å². The number of piperazine rings is 1. The number of nitrogens with one attached hydrogen (secondary N) is 1. The SMILES string of the molecule is CC(C)[C@H](NC(=O)c1ccccc1F)C(=O)N1CCN(Cc2cccs2)CC1. The highest BCUT2D eigenvalue weighted by Crippen LogP contribution is 2.16. The van der Waals surface area contributed by atoms with Crippen LogP contribution in [0.15, 0.2) is 41.8 Å². The molecule has 3 rings (SSSR count). The number of halogens is 1. The highest BCUT2D eigenvalue weighted by molar-refractivity contribution is 7.09. The van der Waals surface area contributed by atoms with Crippen molar-refractivity contribution in [1.29, 1.82) is 0 Å². The number of carbonyl (C=O) groups excluding carboxylic acids is 2. The minimum Gasteiger partial charge on any atom is -0.340 e. The van der Waals surface area contributed by atoms with Crippen LogP contribution in [-0.2, 0) is 11.3 Å². The summed E-state index contributed by atoms with van der Waals surface area (Å²) in [7, 11) is 0. The molecule has 0 aliphatic carbocycles. The van der Waals surface area contributed by atoms with E-state index < -0.39 is 17.8 Å². The molecule has 0 radical (unpaired) electrons. The summed E-state index contributed by atoms with van der Waals surface area (Å²) in [5, 5.41) is 4.81. The van der Waals surface area contributed by atoms with E-state index in [-0.39, 0.29) is 17.4 Å². The van der Waals surface area contributed by atoms with Gasteiger partial charge in [0.2, 0.25) is 5.91 Å². The van der Waals surface area contributed by atoms with Crippen LogP contribution in [0.5, 0.6) is 0 Å². The standard InChI is InChI=1S/C21H26FN3O2S/c1-15(2)19(23-20(26)17-7-3-4-8-18(17)22)21(27)25-11-9-24(10-12-25)14-16-6-5-13-28-16/h3-8,13,15,19H,9-12,14H2,1-2H3,(H,23,26)/t19-/m0/s1. The van der Waals surface area contributed by atoms with Crippen molar-refractivity contribution in [1.82, 2.24) is 15.1 Å². The summed E-state index contributed by atoms with van der Waals surface area (Å²) in [6, 6.07) is 9.31. The van der Waals surface area contributed by atoms with Gasteiger partial charge in [-0.2, -0.15) is 0 Å². The zero-order valence-electron chi connectivity index (χ0n) is 16.2. The van der Waals surface area contributed by atoms with Crippen LogP contribution in [-0.4, -0.2) is 53.8 Å². The van der Waals surface area contributed by atoms with E-state index >= 15 is 0 Å². The summed E-state index contributed by atoms with van der Waals surface area (Å²) < 4.78 is 13.9. The van der Waals surface area contributed by atoms with Crippen LogP contribution < -0.4 is 5.32 Å². The van der Waals surface area contributed by atoms with Crippen LogP contribution in [0.2, 0.25) is 0 Å². The van der Waals surface area contributed by atoms with Gasteiger partial charge in [-0.15, -0.1) is 11.3 Å². The molecular formula is C21H26FN3O2S. The fourth-order valence-electron chi connectivity index (χ4n) is 3.32. The molecule has 1 saturated heterocycles. The number of benzene rings is 1. The Morgan fingerprint density at radius 3 is 2.43 bits per heavy atom. The number of rotatable bonds is 6. The van der Waals surface area contributed by atoms with Gasteiger partial charge < -0.3 is 10.2 Å². The molecule has 1 aromatic carbocycles. The second kappa shape index (κ2) is 9.30. The first-order valence-corrected chi connectivity index (χ1v) is 10.4. The van der Waals surface area contributed by atoms with Crippen LogP contribution in [0.3, 0.4) is 0 Å². The van der Waals surface area contributed by atoms with Crippen molar-refractivity contribution in [2.24, 2.45) is 5.92 Å². The van der Waals surface area contributed by atoms with Gasteiger partial charge in [0, 0.05) is 37.6 Å². The summed E-state index contributed by atoms with van der Waals surface area (Å²) >= 11 is 1.74. The van der Waals surface area contributed by atoms with Crippen molar-refractivity contribution in [3.8, 4) is 0 Å².